The van der Waals surface area contributed by atoms with Crippen LogP contribution in [0.15, 0.2) is 18.2 Å². The van der Waals surface area contributed by atoms with Gasteiger partial charge in [0.2, 0.25) is 0 Å². The molecule has 2 atom stereocenters. The van der Waals surface area contributed by atoms with Crippen molar-refractivity contribution in [2.24, 2.45) is 11.3 Å². The number of nitrogens with zero attached hydrogens (tertiary/aromatic N) is 1. The zero-order chi connectivity index (χ0) is 18.2. The number of hydrogen-bond donors (Lipinski definition) is 2. The first kappa shape index (κ1) is 17.4. The molecule has 0 unspecified atom stereocenters. The molecule has 0 radical (unpaired) electrons. The van der Waals surface area contributed by atoms with Crippen molar-refractivity contribution in [1.82, 2.24) is 4.90 Å². The molecular weight excluding hydrogens is 341 g/mol. The Morgan fingerprint density at radius 2 is 2.16 bits per heavy atom. The van der Waals surface area contributed by atoms with Crippen molar-refractivity contribution in [3.63, 3.8) is 0 Å². The van der Waals surface area contributed by atoms with E-state index in [1.165, 1.54) is 4.90 Å². The topological polar surface area (TPSA) is 78.9 Å². The lowest BCUT2D eigenvalue weighted by Crippen LogP contribution is -2.38. The molecule has 0 aromatic heterocycles. The van der Waals surface area contributed by atoms with E-state index in [0.717, 1.165) is 31.0 Å². The molecule has 2 fully saturated rings. The highest BCUT2D eigenvalue weighted by atomic mass is 19.3. The Morgan fingerprint density at radius 1 is 1.40 bits per heavy atom. The van der Waals surface area contributed by atoms with Gasteiger partial charge >= 0.3 is 18.6 Å². The number of urea groups is 1. The molecule has 2 amide bonds. The first-order valence-electron chi connectivity index (χ1n) is 7.85. The maximum absolute atomic E-state index is 13.9. The minimum atomic E-state index is -3.07. The molecule has 1 aromatic rings. The number of carboxylic acid groups (broad SMARTS) is 1. The molecule has 1 saturated heterocycles. The average molecular weight is 358 g/mol. The Kier molecular flexibility index (Phi) is 4.49. The minimum Gasteiger partial charge on any atom is -0.481 e. The molecule has 6 nitrogen and oxygen atoms in total. The minimum absolute atomic E-state index is 0.0764. The zero-order valence-corrected chi connectivity index (χ0v) is 13.2. The Morgan fingerprint density at radius 3 is 2.76 bits per heavy atom. The molecule has 1 saturated carbocycles. The Balaban J connectivity index is 1.68. The van der Waals surface area contributed by atoms with Crippen LogP contribution in [0.2, 0.25) is 0 Å². The molecule has 2 N–H and O–H groups in total. The van der Waals surface area contributed by atoms with Crippen molar-refractivity contribution in [3.05, 3.63) is 24.0 Å². The number of nitrogens with one attached hydrogen (secondary N) is 1. The van der Waals surface area contributed by atoms with E-state index in [-0.39, 0.29) is 23.9 Å². The highest BCUT2D eigenvalue weighted by molar-refractivity contribution is 5.90. The molecule has 1 aliphatic carbocycles. The molecule has 1 aromatic carbocycles. The van der Waals surface area contributed by atoms with Gasteiger partial charge in [-0.1, -0.05) is 6.42 Å². The number of likely N-dealkylation sites (tertiary alicyclic amines) is 1. The van der Waals surface area contributed by atoms with Gasteiger partial charge in [0.1, 0.15) is 11.6 Å². The van der Waals surface area contributed by atoms with Gasteiger partial charge in [0.15, 0.2) is 0 Å². The molecule has 136 valence electrons. The fourth-order valence-corrected chi connectivity index (χ4v) is 3.76. The molecule has 1 aliphatic heterocycles. The van der Waals surface area contributed by atoms with E-state index in [0.29, 0.717) is 13.0 Å². The standard InChI is InChI=1S/C16H17F3N2O4/c17-11-6-10(25-14(18)19)3-4-12(11)20-15(24)21-7-9-2-1-5-16(9,8-21)13(22)23/h3-4,6,9,14H,1-2,5,7-8H2,(H,20,24)(H,22,23)/t9-,16+/m0/s1. The fourth-order valence-electron chi connectivity index (χ4n) is 3.76. The summed E-state index contributed by atoms with van der Waals surface area (Å²) in [6.07, 6.45) is 2.07. The van der Waals surface area contributed by atoms with Crippen LogP contribution in [0.4, 0.5) is 23.7 Å². The quantitative estimate of drug-likeness (QED) is 0.867. The lowest BCUT2D eigenvalue weighted by Gasteiger charge is -2.23. The van der Waals surface area contributed by atoms with E-state index >= 15 is 0 Å². The van der Waals surface area contributed by atoms with Crippen molar-refractivity contribution in [2.45, 2.75) is 25.9 Å². The summed E-state index contributed by atoms with van der Waals surface area (Å²) in [6.45, 7) is -2.70. The molecule has 9 heteroatoms. The van der Waals surface area contributed by atoms with Crippen molar-refractivity contribution in [1.29, 1.82) is 0 Å². The second-order valence-electron chi connectivity index (χ2n) is 6.38. The van der Waals surface area contributed by atoms with Gasteiger partial charge in [0.05, 0.1) is 11.1 Å². The number of carbonyl (C=O) groups is 2. The summed E-state index contributed by atoms with van der Waals surface area (Å²) in [5.74, 6) is -2.29. The smallest absolute Gasteiger partial charge is 0.387 e. The van der Waals surface area contributed by atoms with Crippen molar-refractivity contribution in [2.75, 3.05) is 18.4 Å². The molecule has 1 heterocycles. The first-order chi connectivity index (χ1) is 11.8. The lowest BCUT2D eigenvalue weighted by atomic mass is 9.81. The molecular formula is C16H17F3N2O4. The van der Waals surface area contributed by atoms with Gasteiger partial charge < -0.3 is 20.1 Å². The lowest BCUT2D eigenvalue weighted by molar-refractivity contribution is -0.149. The van der Waals surface area contributed by atoms with E-state index in [9.17, 15) is 27.9 Å². The highest BCUT2D eigenvalue weighted by Gasteiger charge is 2.55. The second kappa shape index (κ2) is 6.45. The number of amides is 2. The number of halogens is 3. The van der Waals surface area contributed by atoms with E-state index in [1.54, 1.807) is 0 Å². The number of ether oxygens (including phenoxy) is 1. The monoisotopic (exact) mass is 358 g/mol. The number of anilines is 1. The van der Waals surface area contributed by atoms with Gasteiger partial charge in [-0.2, -0.15) is 8.78 Å². The van der Waals surface area contributed by atoms with Gasteiger partial charge in [-0.3, -0.25) is 4.79 Å². The summed E-state index contributed by atoms with van der Waals surface area (Å²) in [7, 11) is 0. The first-order valence-corrected chi connectivity index (χ1v) is 7.85. The second-order valence-corrected chi connectivity index (χ2v) is 6.38. The maximum atomic E-state index is 13.9. The molecule has 0 bridgehead atoms. The van der Waals surface area contributed by atoms with Gasteiger partial charge in [0, 0.05) is 19.2 Å². The van der Waals surface area contributed by atoms with Crippen LogP contribution in [-0.2, 0) is 4.79 Å². The van der Waals surface area contributed by atoms with Gasteiger partial charge in [-0.25, -0.2) is 9.18 Å². The molecule has 3 rings (SSSR count). The van der Waals surface area contributed by atoms with Crippen LogP contribution in [0.5, 0.6) is 5.75 Å². The van der Waals surface area contributed by atoms with Crippen LogP contribution >= 0.6 is 0 Å². The van der Waals surface area contributed by atoms with Crippen molar-refractivity contribution >= 4 is 17.7 Å². The molecule has 25 heavy (non-hydrogen) atoms. The van der Waals surface area contributed by atoms with Gasteiger partial charge in [-0.15, -0.1) is 0 Å². The van der Waals surface area contributed by atoms with Gasteiger partial charge in [-0.05, 0) is 30.9 Å². The van der Waals surface area contributed by atoms with E-state index in [1.807, 2.05) is 0 Å². The summed E-state index contributed by atoms with van der Waals surface area (Å²) >= 11 is 0. The van der Waals surface area contributed by atoms with Crippen LogP contribution in [0.3, 0.4) is 0 Å². The Bertz CT molecular complexity index is 700. The molecule has 0 spiro atoms. The SMILES string of the molecule is O=C(Nc1ccc(OC(F)F)cc1F)N1C[C@@H]2CCC[C@@]2(C(=O)O)C1. The maximum Gasteiger partial charge on any atom is 0.387 e. The number of rotatable bonds is 4. The van der Waals surface area contributed by atoms with Crippen molar-refractivity contribution < 1.29 is 32.6 Å². The summed E-state index contributed by atoms with van der Waals surface area (Å²) in [5, 5.41) is 11.9. The van der Waals surface area contributed by atoms with Crippen LogP contribution in [0.1, 0.15) is 19.3 Å². The summed E-state index contributed by atoms with van der Waals surface area (Å²) in [6, 6.07) is 2.37. The Labute approximate surface area is 141 Å². The van der Waals surface area contributed by atoms with Crippen molar-refractivity contribution in [3.8, 4) is 5.75 Å². The third-order valence-corrected chi connectivity index (χ3v) is 4.99. The predicted octanol–water partition coefficient (Wildman–Crippen LogP) is 3.15. The normalized spacial score (nSPS) is 25.1. The number of carbonyl (C=O) groups excluding carboxylic acids is 1. The average Bonchev–Trinajstić information content (AvgIpc) is 3.07. The third-order valence-electron chi connectivity index (χ3n) is 4.99. The fraction of sp³-hybridized carbons (Fsp3) is 0.500. The highest BCUT2D eigenvalue weighted by Crippen LogP contribution is 2.48. The molecule has 2 aliphatic rings. The number of carboxylic acids is 1. The number of aliphatic carboxylic acids is 1. The number of hydrogen-bond acceptors (Lipinski definition) is 3. The van der Waals surface area contributed by atoms with Gasteiger partial charge in [0.25, 0.3) is 0 Å². The van der Waals surface area contributed by atoms with Crippen LogP contribution < -0.4 is 10.1 Å². The van der Waals surface area contributed by atoms with Crippen LogP contribution in [-0.4, -0.2) is 41.7 Å². The zero-order valence-electron chi connectivity index (χ0n) is 13.2. The largest absolute Gasteiger partial charge is 0.481 e. The van der Waals surface area contributed by atoms with Crippen LogP contribution in [0.25, 0.3) is 0 Å². The number of benzene rings is 1. The summed E-state index contributed by atoms with van der Waals surface area (Å²) in [4.78, 5) is 25.3. The number of alkyl halides is 2. The van der Waals surface area contributed by atoms with E-state index in [2.05, 4.69) is 10.1 Å². The third kappa shape index (κ3) is 3.22. The van der Waals surface area contributed by atoms with Crippen LogP contribution in [0, 0.1) is 17.2 Å². The summed E-state index contributed by atoms with van der Waals surface area (Å²) in [5.41, 5.74) is -1.11. The predicted molar refractivity (Wildman–Crippen MR) is 81.0 cm³/mol. The van der Waals surface area contributed by atoms with E-state index < -0.39 is 29.8 Å². The Hall–Kier alpha value is -2.45. The van der Waals surface area contributed by atoms with E-state index in [4.69, 9.17) is 0 Å². The number of fused-ring (bicyclic) bond motifs is 1. The summed E-state index contributed by atoms with van der Waals surface area (Å²) < 4.78 is 42.2.